The van der Waals surface area contributed by atoms with E-state index in [0.717, 1.165) is 11.3 Å². The number of amidine groups is 2. The van der Waals surface area contributed by atoms with E-state index in [0.29, 0.717) is 22.2 Å². The number of thioether (sulfide) groups is 1. The van der Waals surface area contributed by atoms with Crippen LogP contribution in [0.5, 0.6) is 11.5 Å². The predicted molar refractivity (Wildman–Crippen MR) is 132 cm³/mol. The molecule has 0 saturated heterocycles. The summed E-state index contributed by atoms with van der Waals surface area (Å²) in [6.45, 7) is 1.99. The van der Waals surface area contributed by atoms with E-state index in [1.165, 1.54) is 29.5 Å². The van der Waals surface area contributed by atoms with Crippen molar-refractivity contribution in [2.24, 2.45) is 10.1 Å². The number of hydrogen-bond acceptors (Lipinski definition) is 10. The van der Waals surface area contributed by atoms with Crippen LogP contribution in [0.25, 0.3) is 6.08 Å². The summed E-state index contributed by atoms with van der Waals surface area (Å²) in [5.74, 6) is -1.49. The minimum atomic E-state index is -3.64. The van der Waals surface area contributed by atoms with Crippen molar-refractivity contribution in [3.8, 4) is 11.5 Å². The number of fused-ring (bicyclic) bond motifs is 1. The Bertz CT molecular complexity index is 1410. The molecule has 2 aromatic rings. The zero-order valence-corrected chi connectivity index (χ0v) is 20.8. The van der Waals surface area contributed by atoms with Crippen LogP contribution in [-0.2, 0) is 14.6 Å². The fourth-order valence-corrected chi connectivity index (χ4v) is 5.40. The Hall–Kier alpha value is -3.00. The van der Waals surface area contributed by atoms with Crippen LogP contribution in [0, 0.1) is 5.41 Å². The lowest BCUT2D eigenvalue weighted by molar-refractivity contribution is -0.114. The Morgan fingerprint density at radius 2 is 2.12 bits per heavy atom. The molecule has 1 N–H and O–H groups in total. The molecule has 3 heterocycles. The number of carbonyl (C=O) groups excluding carboxylic acids is 2. The lowest BCUT2D eigenvalue weighted by atomic mass is 10.1. The smallest absolute Gasteiger partial charge is 0.353 e. The van der Waals surface area contributed by atoms with E-state index < -0.39 is 21.7 Å². The topological polar surface area (TPSA) is 139 Å². The third-order valence-electron chi connectivity index (χ3n) is 4.31. The summed E-state index contributed by atoms with van der Waals surface area (Å²) in [7, 11) is -3.64. The van der Waals surface area contributed by atoms with Gasteiger partial charge in [-0.3, -0.25) is 10.2 Å². The largest absolute Gasteiger partial charge is 0.490 e. The number of sulfone groups is 1. The lowest BCUT2D eigenvalue weighted by Gasteiger charge is -2.20. The first-order chi connectivity index (χ1) is 16.1. The zero-order valence-electron chi connectivity index (χ0n) is 17.6. The molecule has 4 rings (SSSR count). The van der Waals surface area contributed by atoms with Crippen LogP contribution in [-0.4, -0.2) is 53.5 Å². The minimum absolute atomic E-state index is 0.0172. The number of carbonyl (C=O) groups is 2. The third kappa shape index (κ3) is 4.78. The molecule has 2 aliphatic heterocycles. The Balaban J connectivity index is 1.69. The molecule has 14 heteroatoms. The molecule has 2 aliphatic rings. The number of ether oxygens (including phenoxy) is 2. The summed E-state index contributed by atoms with van der Waals surface area (Å²) in [6, 6.07) is 6.28. The van der Waals surface area contributed by atoms with E-state index in [-0.39, 0.29) is 44.1 Å². The average molecular weight is 539 g/mol. The molecule has 0 radical (unpaired) electrons. The van der Waals surface area contributed by atoms with Crippen LogP contribution in [0.2, 0.25) is 5.02 Å². The standard InChI is InChI=1S/C20H15ClN4O6S3/c1-3-30-13-9-10(8-12(21)15(13)31-18(27)14-5-4-6-32-14)7-11-16(22)25-19(23-17(11)26)33-20(24-25)34(2,28)29/h4-9,22H,3H2,1-2H3/b11-7+,22-16?. The second-order valence-corrected chi connectivity index (χ2v) is 11.3. The Kier molecular flexibility index (Phi) is 6.62. The number of nitrogens with zero attached hydrogens (tertiary/aromatic N) is 3. The van der Waals surface area contributed by atoms with Gasteiger partial charge in [0.05, 0.1) is 17.2 Å². The minimum Gasteiger partial charge on any atom is -0.490 e. The van der Waals surface area contributed by atoms with E-state index in [1.807, 2.05) is 0 Å². The fourth-order valence-electron chi connectivity index (χ4n) is 2.86. The molecule has 1 amide bonds. The Morgan fingerprint density at radius 1 is 1.35 bits per heavy atom. The summed E-state index contributed by atoms with van der Waals surface area (Å²) in [5, 5.41) is 15.0. The quantitative estimate of drug-likeness (QED) is 0.346. The van der Waals surface area contributed by atoms with E-state index in [9.17, 15) is 18.0 Å². The van der Waals surface area contributed by atoms with Gasteiger partial charge in [-0.25, -0.2) is 13.2 Å². The molecule has 0 atom stereocenters. The van der Waals surface area contributed by atoms with Gasteiger partial charge in [0.15, 0.2) is 17.3 Å². The van der Waals surface area contributed by atoms with Gasteiger partial charge in [-0.05, 0) is 53.9 Å². The normalized spacial score (nSPS) is 16.9. The average Bonchev–Trinajstić information content (AvgIpc) is 3.43. The van der Waals surface area contributed by atoms with Crippen molar-refractivity contribution in [2.75, 3.05) is 12.9 Å². The number of hydrazone groups is 1. The molecule has 176 valence electrons. The van der Waals surface area contributed by atoms with Crippen molar-refractivity contribution in [2.45, 2.75) is 6.92 Å². The van der Waals surface area contributed by atoms with Crippen molar-refractivity contribution in [3.05, 3.63) is 50.7 Å². The number of rotatable bonds is 5. The van der Waals surface area contributed by atoms with Crippen molar-refractivity contribution >= 4 is 77.9 Å². The number of esters is 1. The van der Waals surface area contributed by atoms with Gasteiger partial charge >= 0.3 is 5.97 Å². The van der Waals surface area contributed by atoms with Crippen LogP contribution in [0.15, 0.2) is 45.3 Å². The number of halogens is 1. The molecular weight excluding hydrogens is 524 g/mol. The number of benzene rings is 1. The summed E-state index contributed by atoms with van der Waals surface area (Å²) < 4.78 is 34.3. The molecule has 10 nitrogen and oxygen atoms in total. The maximum Gasteiger partial charge on any atom is 0.353 e. The van der Waals surface area contributed by atoms with Gasteiger partial charge in [0.25, 0.3) is 5.91 Å². The van der Waals surface area contributed by atoms with Gasteiger partial charge in [0.1, 0.15) is 4.88 Å². The molecule has 0 bridgehead atoms. The highest BCUT2D eigenvalue weighted by molar-refractivity contribution is 8.42. The van der Waals surface area contributed by atoms with E-state index in [4.69, 9.17) is 26.5 Å². The maximum absolute atomic E-state index is 12.6. The molecular formula is C20H15ClN4O6S3. The number of amides is 1. The van der Waals surface area contributed by atoms with Crippen LogP contribution in [0.1, 0.15) is 22.2 Å². The van der Waals surface area contributed by atoms with Crippen LogP contribution < -0.4 is 9.47 Å². The third-order valence-corrected chi connectivity index (χ3v) is 8.02. The highest BCUT2D eigenvalue weighted by Gasteiger charge is 2.38. The second kappa shape index (κ2) is 9.33. The number of nitrogens with one attached hydrogen (secondary N) is 1. The van der Waals surface area contributed by atoms with Crippen molar-refractivity contribution in [3.63, 3.8) is 0 Å². The fraction of sp³-hybridized carbons (Fsp3) is 0.150. The van der Waals surface area contributed by atoms with Gasteiger partial charge < -0.3 is 9.47 Å². The van der Waals surface area contributed by atoms with Crippen molar-refractivity contribution in [1.29, 1.82) is 5.41 Å². The summed E-state index contributed by atoms with van der Waals surface area (Å²) in [4.78, 5) is 29.2. The highest BCUT2D eigenvalue weighted by atomic mass is 35.5. The number of thiophene rings is 1. The molecule has 0 spiro atoms. The molecule has 1 aromatic carbocycles. The molecule has 0 unspecified atom stereocenters. The number of hydrogen-bond donors (Lipinski definition) is 1. The van der Waals surface area contributed by atoms with E-state index in [2.05, 4.69) is 10.1 Å². The first-order valence-corrected chi connectivity index (χ1v) is 13.5. The zero-order chi connectivity index (χ0) is 24.6. The second-order valence-electron chi connectivity index (χ2n) is 6.79. The van der Waals surface area contributed by atoms with Crippen LogP contribution in [0.3, 0.4) is 0 Å². The summed E-state index contributed by atoms with van der Waals surface area (Å²) in [5.41, 5.74) is 0.236. The number of aliphatic imine (C=N–C) groups is 1. The predicted octanol–water partition coefficient (Wildman–Crippen LogP) is 3.64. The Morgan fingerprint density at radius 3 is 2.76 bits per heavy atom. The van der Waals surface area contributed by atoms with Crippen molar-refractivity contribution < 1.29 is 27.5 Å². The van der Waals surface area contributed by atoms with Crippen LogP contribution >= 0.6 is 34.7 Å². The van der Waals surface area contributed by atoms with Crippen LogP contribution in [0.4, 0.5) is 0 Å². The monoisotopic (exact) mass is 538 g/mol. The SMILES string of the molecule is CCOc1cc(/C=C2\C(=N)N3N=C(S(C)(=O)=O)SC3=NC2=O)cc(Cl)c1OC(=O)c1cccs1. The Labute approximate surface area is 207 Å². The summed E-state index contributed by atoms with van der Waals surface area (Å²) >= 11 is 8.28. The molecule has 0 aliphatic carbocycles. The van der Waals surface area contributed by atoms with Gasteiger partial charge in [0.2, 0.25) is 19.4 Å². The molecule has 0 saturated carbocycles. The maximum atomic E-state index is 12.6. The van der Waals surface area contributed by atoms with Gasteiger partial charge in [-0.15, -0.1) is 16.4 Å². The lowest BCUT2D eigenvalue weighted by Crippen LogP contribution is -2.35. The first kappa shape index (κ1) is 24.1. The van der Waals surface area contributed by atoms with Gasteiger partial charge in [-0.2, -0.15) is 10.0 Å². The van der Waals surface area contributed by atoms with Crippen molar-refractivity contribution in [1.82, 2.24) is 5.01 Å². The van der Waals surface area contributed by atoms with E-state index in [1.54, 1.807) is 24.4 Å². The molecule has 0 fully saturated rings. The highest BCUT2D eigenvalue weighted by Crippen LogP contribution is 2.38. The first-order valence-electron chi connectivity index (χ1n) is 9.50. The summed E-state index contributed by atoms with van der Waals surface area (Å²) in [6.07, 6.45) is 2.33. The van der Waals surface area contributed by atoms with Gasteiger partial charge in [-0.1, -0.05) is 17.7 Å². The van der Waals surface area contributed by atoms with Gasteiger partial charge in [0, 0.05) is 6.26 Å². The molecule has 1 aromatic heterocycles. The molecule has 34 heavy (non-hydrogen) atoms. The van der Waals surface area contributed by atoms with E-state index >= 15 is 0 Å².